The lowest BCUT2D eigenvalue weighted by atomic mass is 10.1. The fraction of sp³-hybridized carbons (Fsp3) is 0.250. The number of carbonyl (C=O) groups excluding carboxylic acids is 1. The van der Waals surface area contributed by atoms with E-state index in [-0.39, 0.29) is 11.3 Å². The van der Waals surface area contributed by atoms with Gasteiger partial charge in [-0.25, -0.2) is 4.98 Å². The van der Waals surface area contributed by atoms with E-state index in [2.05, 4.69) is 4.98 Å². The van der Waals surface area contributed by atoms with Crippen molar-refractivity contribution in [1.29, 1.82) is 0 Å². The molecule has 0 aliphatic heterocycles. The molecule has 2 N–H and O–H groups in total. The minimum atomic E-state index is -4.63. The van der Waals surface area contributed by atoms with Crippen molar-refractivity contribution in [3.05, 3.63) is 22.5 Å². The van der Waals surface area contributed by atoms with E-state index in [0.29, 0.717) is 6.07 Å². The van der Waals surface area contributed by atoms with Gasteiger partial charge in [0.1, 0.15) is 10.8 Å². The molecule has 0 amide bonds. The molecule has 7 heteroatoms. The van der Waals surface area contributed by atoms with Crippen molar-refractivity contribution < 1.29 is 18.0 Å². The zero-order valence-electron chi connectivity index (χ0n) is 7.52. The number of rotatable bonds is 1. The molecule has 0 unspecified atom stereocenters. The Balaban J connectivity index is 3.39. The first kappa shape index (κ1) is 11.8. The molecule has 1 aromatic heterocycles. The Morgan fingerprint density at radius 1 is 1.53 bits per heavy atom. The number of aromatic nitrogens is 1. The van der Waals surface area contributed by atoms with Gasteiger partial charge in [0.15, 0.2) is 5.78 Å². The summed E-state index contributed by atoms with van der Waals surface area (Å²) in [5.74, 6) is -0.529. The molecule has 1 aromatic rings. The smallest absolute Gasteiger partial charge is 0.398 e. The second-order valence-electron chi connectivity index (χ2n) is 2.82. The highest BCUT2D eigenvalue weighted by molar-refractivity contribution is 6.33. The summed E-state index contributed by atoms with van der Waals surface area (Å²) in [7, 11) is 0. The number of nitrogen functional groups attached to an aromatic ring is 1. The standard InChI is InChI=1S/C8H6ClF3N2O/c1-3(15)6-4(13)2-5(8(10,11)12)14-7(6)9/h2H,1H3,(H2,13,14). The summed E-state index contributed by atoms with van der Waals surface area (Å²) in [5.41, 5.74) is 3.55. The normalized spacial score (nSPS) is 11.5. The van der Waals surface area contributed by atoms with Gasteiger partial charge in [0.2, 0.25) is 0 Å². The van der Waals surface area contributed by atoms with Gasteiger partial charge in [-0.2, -0.15) is 13.2 Å². The highest BCUT2D eigenvalue weighted by atomic mass is 35.5. The average molecular weight is 239 g/mol. The molecule has 0 spiro atoms. The molecule has 1 rings (SSSR count). The van der Waals surface area contributed by atoms with Gasteiger partial charge in [-0.05, 0) is 13.0 Å². The van der Waals surface area contributed by atoms with Gasteiger partial charge in [-0.15, -0.1) is 0 Å². The third-order valence-corrected chi connectivity index (χ3v) is 1.92. The number of pyridine rings is 1. The zero-order chi connectivity index (χ0) is 11.8. The highest BCUT2D eigenvalue weighted by Crippen LogP contribution is 2.32. The second-order valence-corrected chi connectivity index (χ2v) is 3.17. The average Bonchev–Trinajstić information content (AvgIpc) is 1.99. The maximum Gasteiger partial charge on any atom is 0.433 e. The predicted octanol–water partition coefficient (Wildman–Crippen LogP) is 2.54. The van der Waals surface area contributed by atoms with Crippen LogP contribution in [0, 0.1) is 0 Å². The molecule has 0 aliphatic carbocycles. The van der Waals surface area contributed by atoms with Crippen LogP contribution in [-0.2, 0) is 6.18 Å². The van der Waals surface area contributed by atoms with Crippen molar-refractivity contribution in [2.45, 2.75) is 13.1 Å². The van der Waals surface area contributed by atoms with E-state index in [1.165, 1.54) is 0 Å². The fourth-order valence-corrected chi connectivity index (χ4v) is 1.36. The van der Waals surface area contributed by atoms with E-state index in [4.69, 9.17) is 17.3 Å². The number of anilines is 1. The molecule has 0 atom stereocenters. The van der Waals surface area contributed by atoms with E-state index in [0.717, 1.165) is 6.92 Å². The molecule has 1 heterocycles. The quantitative estimate of drug-likeness (QED) is 0.604. The third kappa shape index (κ3) is 2.38. The first-order valence-electron chi connectivity index (χ1n) is 3.77. The van der Waals surface area contributed by atoms with Crippen LogP contribution in [0.4, 0.5) is 18.9 Å². The van der Waals surface area contributed by atoms with E-state index < -0.39 is 22.8 Å². The molecule has 15 heavy (non-hydrogen) atoms. The van der Waals surface area contributed by atoms with Crippen molar-refractivity contribution in [3.8, 4) is 0 Å². The molecule has 3 nitrogen and oxygen atoms in total. The summed E-state index contributed by atoms with van der Waals surface area (Å²) in [6.07, 6.45) is -4.63. The van der Waals surface area contributed by atoms with Crippen molar-refractivity contribution >= 4 is 23.1 Å². The number of nitrogens with two attached hydrogens (primary N) is 1. The molecule has 0 fully saturated rings. The number of hydrogen-bond acceptors (Lipinski definition) is 3. The summed E-state index contributed by atoms with van der Waals surface area (Å²) in [5, 5.41) is -0.533. The molecule has 82 valence electrons. The van der Waals surface area contributed by atoms with Gasteiger partial charge in [-0.3, -0.25) is 4.79 Å². The number of nitrogens with zero attached hydrogens (tertiary/aromatic N) is 1. The fourth-order valence-electron chi connectivity index (χ4n) is 1.03. The van der Waals surface area contributed by atoms with E-state index in [1.54, 1.807) is 0 Å². The van der Waals surface area contributed by atoms with Crippen molar-refractivity contribution in [2.75, 3.05) is 5.73 Å². The Morgan fingerprint density at radius 2 is 2.07 bits per heavy atom. The monoisotopic (exact) mass is 238 g/mol. The van der Waals surface area contributed by atoms with E-state index in [1.807, 2.05) is 0 Å². The van der Waals surface area contributed by atoms with Crippen molar-refractivity contribution in [1.82, 2.24) is 4.98 Å². The largest absolute Gasteiger partial charge is 0.433 e. The first-order chi connectivity index (χ1) is 6.73. The van der Waals surface area contributed by atoms with Crippen LogP contribution in [0.15, 0.2) is 6.07 Å². The lowest BCUT2D eigenvalue weighted by molar-refractivity contribution is -0.141. The summed E-state index contributed by atoms with van der Waals surface area (Å²) < 4.78 is 36.7. The molecule has 0 bridgehead atoms. The van der Waals surface area contributed by atoms with Gasteiger partial charge in [0, 0.05) is 5.69 Å². The molecular formula is C8H6ClF3N2O. The highest BCUT2D eigenvalue weighted by Gasteiger charge is 2.34. The number of halogens is 4. The number of ketones is 1. The lowest BCUT2D eigenvalue weighted by Gasteiger charge is -2.09. The zero-order valence-corrected chi connectivity index (χ0v) is 8.28. The predicted molar refractivity (Wildman–Crippen MR) is 48.7 cm³/mol. The Bertz CT molecular complexity index is 394. The van der Waals surface area contributed by atoms with Crippen LogP contribution in [-0.4, -0.2) is 10.8 Å². The maximum absolute atomic E-state index is 12.2. The first-order valence-corrected chi connectivity index (χ1v) is 4.15. The number of Topliss-reactive ketones (excluding diaryl/α,β-unsaturated/α-hetero) is 1. The molecule has 0 saturated heterocycles. The van der Waals surface area contributed by atoms with Crippen molar-refractivity contribution in [3.63, 3.8) is 0 Å². The maximum atomic E-state index is 12.2. The summed E-state index contributed by atoms with van der Waals surface area (Å²) in [6.45, 7) is 1.15. The van der Waals surface area contributed by atoms with Crippen LogP contribution in [0.1, 0.15) is 23.0 Å². The third-order valence-electron chi connectivity index (χ3n) is 1.65. The van der Waals surface area contributed by atoms with E-state index >= 15 is 0 Å². The van der Waals surface area contributed by atoms with Gasteiger partial charge in [0.25, 0.3) is 0 Å². The Hall–Kier alpha value is -1.30. The van der Waals surface area contributed by atoms with E-state index in [9.17, 15) is 18.0 Å². The van der Waals surface area contributed by atoms with Crippen LogP contribution in [0.25, 0.3) is 0 Å². The molecule has 0 radical (unpaired) electrons. The van der Waals surface area contributed by atoms with Crippen LogP contribution < -0.4 is 5.73 Å². The van der Waals surface area contributed by atoms with Crippen LogP contribution in [0.5, 0.6) is 0 Å². The Labute approximate surface area is 88.0 Å². The number of alkyl halides is 3. The lowest BCUT2D eigenvalue weighted by Crippen LogP contribution is -2.12. The SMILES string of the molecule is CC(=O)c1c(N)cc(C(F)(F)F)nc1Cl. The van der Waals surface area contributed by atoms with Gasteiger partial charge in [0.05, 0.1) is 5.56 Å². The minimum absolute atomic E-state index is 0.190. The minimum Gasteiger partial charge on any atom is -0.398 e. The molecular weight excluding hydrogens is 233 g/mol. The molecule has 0 aliphatic rings. The van der Waals surface area contributed by atoms with Crippen molar-refractivity contribution in [2.24, 2.45) is 0 Å². The second kappa shape index (κ2) is 3.69. The van der Waals surface area contributed by atoms with Gasteiger partial charge in [-0.1, -0.05) is 11.6 Å². The van der Waals surface area contributed by atoms with Gasteiger partial charge >= 0.3 is 6.18 Å². The Kier molecular flexibility index (Phi) is 2.90. The number of carbonyl (C=O) groups is 1. The topological polar surface area (TPSA) is 56.0 Å². The summed E-state index contributed by atoms with van der Waals surface area (Å²) >= 11 is 5.42. The number of hydrogen-bond donors (Lipinski definition) is 1. The van der Waals surface area contributed by atoms with Crippen LogP contribution in [0.2, 0.25) is 5.15 Å². The molecule has 0 saturated carbocycles. The summed E-state index contributed by atoms with van der Waals surface area (Å²) in [6, 6.07) is 0.586. The van der Waals surface area contributed by atoms with Gasteiger partial charge < -0.3 is 5.73 Å². The van der Waals surface area contributed by atoms with Crippen LogP contribution >= 0.6 is 11.6 Å². The Morgan fingerprint density at radius 3 is 2.40 bits per heavy atom. The summed E-state index contributed by atoms with van der Waals surface area (Å²) in [4.78, 5) is 14.0. The molecule has 0 aromatic carbocycles. The van der Waals surface area contributed by atoms with Crippen LogP contribution in [0.3, 0.4) is 0 Å².